The van der Waals surface area contributed by atoms with Gasteiger partial charge in [0.25, 0.3) is 5.91 Å². The highest BCUT2D eigenvalue weighted by Crippen LogP contribution is 2.11. The Bertz CT molecular complexity index is 832. The van der Waals surface area contributed by atoms with Crippen molar-refractivity contribution in [3.05, 3.63) is 78.1 Å². The van der Waals surface area contributed by atoms with Gasteiger partial charge in [-0.3, -0.25) is 4.79 Å². The van der Waals surface area contributed by atoms with Crippen molar-refractivity contribution in [2.24, 2.45) is 0 Å². The first-order chi connectivity index (χ1) is 11.9. The van der Waals surface area contributed by atoms with E-state index in [0.717, 1.165) is 5.56 Å². The second-order valence-electron chi connectivity index (χ2n) is 5.30. The minimum absolute atomic E-state index is 0.0758. The van der Waals surface area contributed by atoms with Crippen LogP contribution in [0.3, 0.4) is 0 Å². The molecular formula is C18H19FN2O3S. The van der Waals surface area contributed by atoms with E-state index >= 15 is 0 Å². The molecule has 132 valence electrons. The molecule has 0 bridgehead atoms. The topological polar surface area (TPSA) is 75.3 Å². The van der Waals surface area contributed by atoms with Crippen LogP contribution in [0.1, 0.15) is 15.9 Å². The van der Waals surface area contributed by atoms with E-state index in [-0.39, 0.29) is 23.2 Å². The van der Waals surface area contributed by atoms with Crippen molar-refractivity contribution in [2.75, 3.05) is 13.1 Å². The van der Waals surface area contributed by atoms with Crippen LogP contribution in [0, 0.1) is 5.82 Å². The fourth-order valence-electron chi connectivity index (χ4n) is 2.12. The molecule has 0 radical (unpaired) electrons. The van der Waals surface area contributed by atoms with Crippen LogP contribution in [0.2, 0.25) is 0 Å². The van der Waals surface area contributed by atoms with Crippen LogP contribution in [0.15, 0.2) is 66.1 Å². The Morgan fingerprint density at radius 3 is 2.32 bits per heavy atom. The predicted molar refractivity (Wildman–Crippen MR) is 94.3 cm³/mol. The smallest absolute Gasteiger partial charge is 0.251 e. The van der Waals surface area contributed by atoms with Gasteiger partial charge in [-0.2, -0.15) is 0 Å². The number of nitrogens with one attached hydrogen (secondary N) is 2. The van der Waals surface area contributed by atoms with Crippen molar-refractivity contribution in [3.8, 4) is 0 Å². The van der Waals surface area contributed by atoms with E-state index in [0.29, 0.717) is 18.5 Å². The molecule has 25 heavy (non-hydrogen) atoms. The predicted octanol–water partition coefficient (Wildman–Crippen LogP) is 2.26. The number of hydrogen-bond donors (Lipinski definition) is 2. The first kappa shape index (κ1) is 18.8. The Hall–Kier alpha value is -2.51. The number of sulfonamides is 1. The first-order valence-electron chi connectivity index (χ1n) is 7.65. The van der Waals surface area contributed by atoms with E-state index < -0.39 is 10.0 Å². The largest absolute Gasteiger partial charge is 0.349 e. The van der Waals surface area contributed by atoms with E-state index in [4.69, 9.17) is 0 Å². The third-order valence-electron chi connectivity index (χ3n) is 3.45. The summed E-state index contributed by atoms with van der Waals surface area (Å²) in [5.74, 6) is -0.630. The Morgan fingerprint density at radius 2 is 1.72 bits per heavy atom. The number of rotatable bonds is 8. The van der Waals surface area contributed by atoms with Crippen LogP contribution < -0.4 is 10.0 Å². The average molecular weight is 362 g/mol. The van der Waals surface area contributed by atoms with Gasteiger partial charge in [0.2, 0.25) is 10.0 Å². The third-order valence-corrected chi connectivity index (χ3v) is 4.93. The molecule has 7 heteroatoms. The van der Waals surface area contributed by atoms with Crippen molar-refractivity contribution in [1.29, 1.82) is 0 Å². The number of carbonyl (C=O) groups excluding carboxylic acids is 1. The monoisotopic (exact) mass is 362 g/mol. The summed E-state index contributed by atoms with van der Waals surface area (Å²) in [6.45, 7) is 4.03. The molecule has 0 unspecified atom stereocenters. The molecule has 1 amide bonds. The molecule has 0 atom stereocenters. The van der Waals surface area contributed by atoms with Crippen LogP contribution in [-0.2, 0) is 16.4 Å². The Morgan fingerprint density at radius 1 is 1.08 bits per heavy atom. The van der Waals surface area contributed by atoms with Crippen molar-refractivity contribution in [3.63, 3.8) is 0 Å². The van der Waals surface area contributed by atoms with E-state index in [9.17, 15) is 17.6 Å². The molecule has 0 saturated carbocycles. The molecule has 0 aliphatic rings. The number of carbonyl (C=O) groups is 1. The number of halogens is 1. The summed E-state index contributed by atoms with van der Waals surface area (Å²) >= 11 is 0. The Kier molecular flexibility index (Phi) is 6.44. The first-order valence-corrected chi connectivity index (χ1v) is 9.14. The van der Waals surface area contributed by atoms with Gasteiger partial charge >= 0.3 is 0 Å². The van der Waals surface area contributed by atoms with Crippen LogP contribution in [0.5, 0.6) is 0 Å². The molecular weight excluding hydrogens is 343 g/mol. The summed E-state index contributed by atoms with van der Waals surface area (Å²) in [5.41, 5.74) is 1.20. The molecule has 5 nitrogen and oxygen atoms in total. The molecule has 2 aromatic carbocycles. The number of hydrogen-bond acceptors (Lipinski definition) is 3. The van der Waals surface area contributed by atoms with Crippen LogP contribution in [-0.4, -0.2) is 27.4 Å². The molecule has 0 aromatic heterocycles. The fraction of sp³-hybridized carbons (Fsp3) is 0.167. The Labute approximate surface area is 146 Å². The van der Waals surface area contributed by atoms with Gasteiger partial charge in [-0.15, -0.1) is 6.58 Å². The van der Waals surface area contributed by atoms with Gasteiger partial charge in [0.05, 0.1) is 4.90 Å². The highest BCUT2D eigenvalue weighted by Gasteiger charge is 2.14. The molecule has 0 aliphatic carbocycles. The lowest BCUT2D eigenvalue weighted by Crippen LogP contribution is -2.26. The molecule has 2 rings (SSSR count). The van der Waals surface area contributed by atoms with Gasteiger partial charge < -0.3 is 5.32 Å². The molecule has 2 N–H and O–H groups in total. The van der Waals surface area contributed by atoms with Gasteiger partial charge in [0.1, 0.15) is 5.82 Å². The normalized spacial score (nSPS) is 11.1. The van der Waals surface area contributed by atoms with E-state index in [1.807, 2.05) is 0 Å². The zero-order chi connectivity index (χ0) is 18.3. The summed E-state index contributed by atoms with van der Waals surface area (Å²) < 4.78 is 39.8. The summed E-state index contributed by atoms with van der Waals surface area (Å²) in [5, 5.41) is 2.61. The highest BCUT2D eigenvalue weighted by atomic mass is 32.2. The molecule has 0 spiro atoms. The van der Waals surface area contributed by atoms with E-state index in [1.54, 1.807) is 18.2 Å². The third kappa shape index (κ3) is 5.51. The van der Waals surface area contributed by atoms with Gasteiger partial charge in [0, 0.05) is 18.7 Å². The summed E-state index contributed by atoms with van der Waals surface area (Å²) in [6, 6.07) is 11.5. The summed E-state index contributed by atoms with van der Waals surface area (Å²) in [6.07, 6.45) is 2.00. The van der Waals surface area contributed by atoms with Crippen molar-refractivity contribution < 1.29 is 17.6 Å². The van der Waals surface area contributed by atoms with Crippen molar-refractivity contribution in [1.82, 2.24) is 10.0 Å². The van der Waals surface area contributed by atoms with Crippen LogP contribution in [0.4, 0.5) is 4.39 Å². The van der Waals surface area contributed by atoms with Gasteiger partial charge in [-0.25, -0.2) is 17.5 Å². The summed E-state index contributed by atoms with van der Waals surface area (Å²) in [7, 11) is -3.67. The number of benzene rings is 2. The number of amides is 1. The quantitative estimate of drug-likeness (QED) is 0.708. The van der Waals surface area contributed by atoms with E-state index in [2.05, 4.69) is 16.6 Å². The molecule has 0 aliphatic heterocycles. The zero-order valence-electron chi connectivity index (χ0n) is 13.5. The van der Waals surface area contributed by atoms with Crippen LogP contribution in [0.25, 0.3) is 0 Å². The molecule has 0 saturated heterocycles. The van der Waals surface area contributed by atoms with Crippen molar-refractivity contribution >= 4 is 15.9 Å². The van der Waals surface area contributed by atoms with Gasteiger partial charge in [-0.1, -0.05) is 18.2 Å². The van der Waals surface area contributed by atoms with E-state index in [1.165, 1.54) is 36.4 Å². The second-order valence-corrected chi connectivity index (χ2v) is 7.06. The standard InChI is InChI=1S/C18H19FN2O3S/c1-2-12-20-18(22)15-5-9-17(10-6-15)25(23,24)21-13-11-14-3-7-16(19)8-4-14/h2-10,21H,1,11-13H2,(H,20,22). The zero-order valence-corrected chi connectivity index (χ0v) is 14.4. The van der Waals surface area contributed by atoms with Gasteiger partial charge in [0.15, 0.2) is 0 Å². The lowest BCUT2D eigenvalue weighted by atomic mass is 10.1. The maximum Gasteiger partial charge on any atom is 0.251 e. The molecule has 0 fully saturated rings. The lowest BCUT2D eigenvalue weighted by Gasteiger charge is -2.08. The van der Waals surface area contributed by atoms with Gasteiger partial charge in [-0.05, 0) is 48.4 Å². The van der Waals surface area contributed by atoms with Crippen LogP contribution >= 0.6 is 0 Å². The minimum atomic E-state index is -3.67. The maximum atomic E-state index is 12.8. The molecule has 2 aromatic rings. The lowest BCUT2D eigenvalue weighted by molar-refractivity contribution is 0.0958. The second kappa shape index (κ2) is 8.55. The SMILES string of the molecule is C=CCNC(=O)c1ccc(S(=O)(=O)NCCc2ccc(F)cc2)cc1. The fourth-order valence-corrected chi connectivity index (χ4v) is 3.15. The van der Waals surface area contributed by atoms with Crippen molar-refractivity contribution in [2.45, 2.75) is 11.3 Å². The maximum absolute atomic E-state index is 12.8. The minimum Gasteiger partial charge on any atom is -0.349 e. The highest BCUT2D eigenvalue weighted by molar-refractivity contribution is 7.89. The molecule has 0 heterocycles. The Balaban J connectivity index is 1.95. The average Bonchev–Trinajstić information content (AvgIpc) is 2.61. The summed E-state index contributed by atoms with van der Waals surface area (Å²) in [4.78, 5) is 11.8.